The van der Waals surface area contributed by atoms with Gasteiger partial charge in [0.15, 0.2) is 5.82 Å². The lowest BCUT2D eigenvalue weighted by Crippen LogP contribution is -1.90. The Hall–Kier alpha value is -2.11. The maximum absolute atomic E-state index is 5.43. The summed E-state index contributed by atoms with van der Waals surface area (Å²) in [6.07, 6.45) is 1.61. The van der Waals surface area contributed by atoms with Gasteiger partial charge in [-0.15, -0.1) is 5.10 Å². The predicted octanol–water partition coefficient (Wildman–Crippen LogP) is 0.0311. The van der Waals surface area contributed by atoms with E-state index in [0.29, 0.717) is 11.6 Å². The molecule has 2 aromatic heterocycles. The first-order chi connectivity index (χ1) is 6.25. The zero-order valence-electron chi connectivity index (χ0n) is 6.73. The van der Waals surface area contributed by atoms with Gasteiger partial charge in [-0.05, 0) is 12.1 Å². The van der Waals surface area contributed by atoms with Gasteiger partial charge in [0.2, 0.25) is 5.95 Å². The second-order valence-corrected chi connectivity index (χ2v) is 2.51. The standard InChI is InChI=1S/C7H8N6/c8-5-2-1-4(3-10-5)6-11-7(9)13-12-6/h1-3H,(H2,8,10)(H3,9,11,12,13). The van der Waals surface area contributed by atoms with Crippen LogP contribution >= 0.6 is 0 Å². The third kappa shape index (κ3) is 1.41. The van der Waals surface area contributed by atoms with Crippen LogP contribution in [0.5, 0.6) is 0 Å². The smallest absolute Gasteiger partial charge is 0.239 e. The molecule has 0 aromatic carbocycles. The summed E-state index contributed by atoms with van der Waals surface area (Å²) < 4.78 is 0. The fraction of sp³-hybridized carbons (Fsp3) is 0. The zero-order valence-corrected chi connectivity index (χ0v) is 6.73. The average molecular weight is 176 g/mol. The number of anilines is 2. The van der Waals surface area contributed by atoms with Crippen molar-refractivity contribution in [1.82, 2.24) is 20.2 Å². The minimum Gasteiger partial charge on any atom is -0.384 e. The first kappa shape index (κ1) is 7.53. The molecule has 0 saturated carbocycles. The first-order valence-electron chi connectivity index (χ1n) is 3.65. The van der Waals surface area contributed by atoms with Crippen molar-refractivity contribution in [2.24, 2.45) is 0 Å². The van der Waals surface area contributed by atoms with Gasteiger partial charge in [-0.3, -0.25) is 5.10 Å². The number of aromatic amines is 1. The molecule has 0 unspecified atom stereocenters. The molecule has 0 saturated heterocycles. The van der Waals surface area contributed by atoms with Crippen LogP contribution in [0.25, 0.3) is 11.4 Å². The Labute approximate surface area is 74.0 Å². The van der Waals surface area contributed by atoms with Crippen LogP contribution in [0, 0.1) is 0 Å². The zero-order chi connectivity index (χ0) is 9.26. The van der Waals surface area contributed by atoms with Gasteiger partial charge in [0.1, 0.15) is 5.82 Å². The molecule has 5 N–H and O–H groups in total. The van der Waals surface area contributed by atoms with Crippen LogP contribution < -0.4 is 11.5 Å². The van der Waals surface area contributed by atoms with Crippen molar-refractivity contribution in [3.63, 3.8) is 0 Å². The molecule has 0 fully saturated rings. The molecule has 2 heterocycles. The average Bonchev–Trinajstić information content (AvgIpc) is 2.53. The quantitative estimate of drug-likeness (QED) is 0.568. The third-order valence-electron chi connectivity index (χ3n) is 1.56. The van der Waals surface area contributed by atoms with E-state index in [9.17, 15) is 0 Å². The summed E-state index contributed by atoms with van der Waals surface area (Å²) in [5, 5.41) is 6.37. The van der Waals surface area contributed by atoms with Gasteiger partial charge >= 0.3 is 0 Å². The van der Waals surface area contributed by atoms with Crippen molar-refractivity contribution in [1.29, 1.82) is 0 Å². The Morgan fingerprint density at radius 2 is 2.08 bits per heavy atom. The van der Waals surface area contributed by atoms with Crippen LogP contribution in [0.15, 0.2) is 18.3 Å². The number of nitrogens with one attached hydrogen (secondary N) is 1. The van der Waals surface area contributed by atoms with E-state index in [1.807, 2.05) is 0 Å². The first-order valence-corrected chi connectivity index (χ1v) is 3.65. The summed E-state index contributed by atoms with van der Waals surface area (Å²) in [7, 11) is 0. The van der Waals surface area contributed by atoms with E-state index >= 15 is 0 Å². The lowest BCUT2D eigenvalue weighted by molar-refractivity contribution is 1.10. The van der Waals surface area contributed by atoms with Gasteiger partial charge in [-0.2, -0.15) is 4.98 Å². The van der Waals surface area contributed by atoms with Gasteiger partial charge in [-0.1, -0.05) is 0 Å². The highest BCUT2D eigenvalue weighted by molar-refractivity contribution is 5.55. The Bertz CT molecular complexity index is 403. The van der Waals surface area contributed by atoms with Crippen molar-refractivity contribution in [3.05, 3.63) is 18.3 Å². The molecule has 0 atom stereocenters. The molecule has 0 spiro atoms. The molecule has 2 rings (SSSR count). The van der Waals surface area contributed by atoms with Crippen LogP contribution in [0.4, 0.5) is 11.8 Å². The molecule has 2 aromatic rings. The van der Waals surface area contributed by atoms with Crippen molar-refractivity contribution in [3.8, 4) is 11.4 Å². The molecular formula is C7H8N6. The van der Waals surface area contributed by atoms with Gasteiger partial charge in [0.25, 0.3) is 0 Å². The number of nitrogen functional groups attached to an aromatic ring is 2. The second kappa shape index (κ2) is 2.74. The fourth-order valence-electron chi connectivity index (χ4n) is 0.949. The lowest BCUT2D eigenvalue weighted by atomic mass is 10.3. The molecule has 0 amide bonds. The molecule has 0 aliphatic heterocycles. The molecule has 0 bridgehead atoms. The number of nitrogens with two attached hydrogens (primary N) is 2. The largest absolute Gasteiger partial charge is 0.384 e. The van der Waals surface area contributed by atoms with Crippen molar-refractivity contribution in [2.75, 3.05) is 11.5 Å². The second-order valence-electron chi connectivity index (χ2n) is 2.51. The normalized spacial score (nSPS) is 10.2. The van der Waals surface area contributed by atoms with Gasteiger partial charge in [-0.25, -0.2) is 4.98 Å². The van der Waals surface area contributed by atoms with Crippen LogP contribution in [0.2, 0.25) is 0 Å². The van der Waals surface area contributed by atoms with E-state index < -0.39 is 0 Å². The van der Waals surface area contributed by atoms with Crippen molar-refractivity contribution >= 4 is 11.8 Å². The monoisotopic (exact) mass is 176 g/mol. The van der Waals surface area contributed by atoms with E-state index in [0.717, 1.165) is 5.56 Å². The van der Waals surface area contributed by atoms with Crippen molar-refractivity contribution < 1.29 is 0 Å². The molecule has 13 heavy (non-hydrogen) atoms. The van der Waals surface area contributed by atoms with Gasteiger partial charge in [0, 0.05) is 11.8 Å². The Morgan fingerprint density at radius 1 is 1.23 bits per heavy atom. The molecule has 6 nitrogen and oxygen atoms in total. The predicted molar refractivity (Wildman–Crippen MR) is 48.4 cm³/mol. The van der Waals surface area contributed by atoms with Gasteiger partial charge in [0.05, 0.1) is 0 Å². The summed E-state index contributed by atoms with van der Waals surface area (Å²) in [5.74, 6) is 1.27. The highest BCUT2D eigenvalue weighted by Crippen LogP contribution is 2.13. The van der Waals surface area contributed by atoms with Gasteiger partial charge < -0.3 is 11.5 Å². The van der Waals surface area contributed by atoms with E-state index in [1.165, 1.54) is 0 Å². The number of aromatic nitrogens is 4. The van der Waals surface area contributed by atoms with Crippen LogP contribution in [0.1, 0.15) is 0 Å². The van der Waals surface area contributed by atoms with E-state index in [-0.39, 0.29) is 5.95 Å². The van der Waals surface area contributed by atoms with E-state index in [1.54, 1.807) is 18.3 Å². The summed E-state index contributed by atoms with van der Waals surface area (Å²) in [4.78, 5) is 7.85. The topological polar surface area (TPSA) is 106 Å². The Kier molecular flexibility index (Phi) is 1.59. The Morgan fingerprint density at radius 3 is 2.62 bits per heavy atom. The third-order valence-corrected chi connectivity index (χ3v) is 1.56. The number of hydrogen-bond acceptors (Lipinski definition) is 5. The molecule has 0 radical (unpaired) electrons. The Balaban J connectivity index is 2.41. The molecule has 6 heteroatoms. The SMILES string of the molecule is Nc1ccc(-c2nc(N)n[nH]2)cn1. The number of H-pyrrole nitrogens is 1. The van der Waals surface area contributed by atoms with Crippen LogP contribution in [-0.2, 0) is 0 Å². The maximum atomic E-state index is 5.43. The lowest BCUT2D eigenvalue weighted by Gasteiger charge is -1.94. The summed E-state index contributed by atoms with van der Waals surface area (Å²) >= 11 is 0. The summed E-state index contributed by atoms with van der Waals surface area (Å²) in [6, 6.07) is 3.48. The minimum atomic E-state index is 0.215. The van der Waals surface area contributed by atoms with E-state index in [2.05, 4.69) is 20.2 Å². The maximum Gasteiger partial charge on any atom is 0.239 e. The molecule has 0 aliphatic carbocycles. The number of nitrogens with zero attached hydrogens (tertiary/aromatic N) is 3. The van der Waals surface area contributed by atoms with Crippen LogP contribution in [0.3, 0.4) is 0 Å². The highest BCUT2D eigenvalue weighted by atomic mass is 15.3. The molecule has 0 aliphatic rings. The fourth-order valence-corrected chi connectivity index (χ4v) is 0.949. The highest BCUT2D eigenvalue weighted by Gasteiger charge is 2.02. The minimum absolute atomic E-state index is 0.215. The molecule has 66 valence electrons. The van der Waals surface area contributed by atoms with Crippen LogP contribution in [-0.4, -0.2) is 20.2 Å². The van der Waals surface area contributed by atoms with E-state index in [4.69, 9.17) is 11.5 Å². The summed E-state index contributed by atoms with van der Waals surface area (Å²) in [6.45, 7) is 0. The number of pyridine rings is 1. The van der Waals surface area contributed by atoms with Crippen molar-refractivity contribution in [2.45, 2.75) is 0 Å². The number of rotatable bonds is 1. The summed E-state index contributed by atoms with van der Waals surface area (Å²) in [5.41, 5.74) is 11.6. The molecular weight excluding hydrogens is 168 g/mol. The number of hydrogen-bond donors (Lipinski definition) is 3.